The Morgan fingerprint density at radius 3 is 2.48 bits per heavy atom. The van der Waals surface area contributed by atoms with Gasteiger partial charge in [-0.05, 0) is 29.8 Å². The number of thiazole rings is 1. The number of halogens is 1. The fourth-order valence-corrected chi connectivity index (χ4v) is 4.53. The van der Waals surface area contributed by atoms with Gasteiger partial charge in [-0.2, -0.15) is 0 Å². The number of carbonyl (C=O) groups excluding carboxylic acids is 1. The van der Waals surface area contributed by atoms with Gasteiger partial charge in [0.1, 0.15) is 5.82 Å². The molecule has 4 rings (SSSR count). The van der Waals surface area contributed by atoms with E-state index >= 15 is 0 Å². The molecule has 0 unspecified atom stereocenters. The van der Waals surface area contributed by atoms with Crippen molar-refractivity contribution in [1.29, 1.82) is 0 Å². The molecular weight excluding hydrogens is 357 g/mol. The summed E-state index contributed by atoms with van der Waals surface area (Å²) in [5.74, 6) is -0.188. The molecule has 0 aliphatic carbocycles. The number of hydrogen-bond donors (Lipinski definition) is 0. The van der Waals surface area contributed by atoms with Crippen LogP contribution in [0.15, 0.2) is 48.0 Å². The normalized spacial score (nSPS) is 14.8. The van der Waals surface area contributed by atoms with E-state index < -0.39 is 0 Å². The molecule has 3 aromatic rings. The standard InChI is InChI=1S/C18H16FN3OS2/c19-14-3-1-13(2-4-14)15-5-6-16(25-15)17(23)21-8-10-22(11-9-21)18-20-7-12-24-18/h1-7,12H,8-11H2. The maximum atomic E-state index is 13.0. The Bertz CT molecular complexity index is 853. The zero-order chi connectivity index (χ0) is 17.2. The third-order valence-corrected chi connectivity index (χ3v) is 6.16. The number of aromatic nitrogens is 1. The van der Waals surface area contributed by atoms with Crippen molar-refractivity contribution in [1.82, 2.24) is 9.88 Å². The fourth-order valence-electron chi connectivity index (χ4n) is 2.85. The number of nitrogens with zero attached hydrogens (tertiary/aromatic N) is 3. The summed E-state index contributed by atoms with van der Waals surface area (Å²) in [4.78, 5) is 22.9. The quantitative estimate of drug-likeness (QED) is 0.697. The van der Waals surface area contributed by atoms with E-state index in [1.807, 2.05) is 22.4 Å². The molecule has 0 spiro atoms. The van der Waals surface area contributed by atoms with Crippen molar-refractivity contribution in [2.45, 2.75) is 0 Å². The number of hydrogen-bond acceptors (Lipinski definition) is 5. The number of piperazine rings is 1. The summed E-state index contributed by atoms with van der Waals surface area (Å²) in [5, 5.41) is 2.98. The zero-order valence-electron chi connectivity index (χ0n) is 13.4. The van der Waals surface area contributed by atoms with Gasteiger partial charge in [0.25, 0.3) is 5.91 Å². The van der Waals surface area contributed by atoms with Crippen LogP contribution >= 0.6 is 22.7 Å². The molecule has 3 heterocycles. The van der Waals surface area contributed by atoms with Gasteiger partial charge in [0.2, 0.25) is 0 Å². The van der Waals surface area contributed by atoms with Crippen molar-refractivity contribution in [2.24, 2.45) is 0 Å². The van der Waals surface area contributed by atoms with E-state index in [2.05, 4.69) is 9.88 Å². The Kier molecular flexibility index (Phi) is 4.50. The van der Waals surface area contributed by atoms with Gasteiger partial charge in [-0.3, -0.25) is 4.79 Å². The van der Waals surface area contributed by atoms with E-state index in [-0.39, 0.29) is 11.7 Å². The first kappa shape index (κ1) is 16.2. The molecule has 4 nitrogen and oxygen atoms in total. The molecule has 1 aliphatic heterocycles. The van der Waals surface area contributed by atoms with Gasteiger partial charge < -0.3 is 9.80 Å². The smallest absolute Gasteiger partial charge is 0.264 e. The Hall–Kier alpha value is -2.25. The van der Waals surface area contributed by atoms with Crippen molar-refractivity contribution >= 4 is 33.7 Å². The van der Waals surface area contributed by atoms with Crippen LogP contribution in [-0.2, 0) is 0 Å². The molecular formula is C18H16FN3OS2. The van der Waals surface area contributed by atoms with Crippen LogP contribution in [0.3, 0.4) is 0 Å². The minimum absolute atomic E-state index is 0.0668. The van der Waals surface area contributed by atoms with E-state index in [1.54, 1.807) is 29.7 Å². The number of anilines is 1. The third kappa shape index (κ3) is 3.43. The lowest BCUT2D eigenvalue weighted by Gasteiger charge is -2.34. The molecule has 0 N–H and O–H groups in total. The fraction of sp³-hybridized carbons (Fsp3) is 0.222. The van der Waals surface area contributed by atoms with Gasteiger partial charge >= 0.3 is 0 Å². The second kappa shape index (κ2) is 6.93. The second-order valence-corrected chi connectivity index (χ2v) is 7.72. The topological polar surface area (TPSA) is 36.4 Å². The van der Waals surface area contributed by atoms with Gasteiger partial charge in [0, 0.05) is 42.6 Å². The Morgan fingerprint density at radius 2 is 1.80 bits per heavy atom. The molecule has 1 fully saturated rings. The first-order valence-electron chi connectivity index (χ1n) is 8.00. The summed E-state index contributed by atoms with van der Waals surface area (Å²) < 4.78 is 13.0. The second-order valence-electron chi connectivity index (χ2n) is 5.76. The van der Waals surface area contributed by atoms with Crippen LogP contribution in [0.25, 0.3) is 10.4 Å². The molecule has 7 heteroatoms. The first-order valence-corrected chi connectivity index (χ1v) is 9.70. The van der Waals surface area contributed by atoms with Crippen LogP contribution in [-0.4, -0.2) is 42.0 Å². The van der Waals surface area contributed by atoms with Crippen LogP contribution < -0.4 is 4.90 Å². The summed E-state index contributed by atoms with van der Waals surface area (Å²) in [5.41, 5.74) is 0.930. The average Bonchev–Trinajstić information content (AvgIpc) is 3.34. The number of carbonyl (C=O) groups is 1. The Morgan fingerprint density at radius 1 is 1.04 bits per heavy atom. The first-order chi connectivity index (χ1) is 12.2. The van der Waals surface area contributed by atoms with Gasteiger partial charge in [-0.25, -0.2) is 9.37 Å². The monoisotopic (exact) mass is 373 g/mol. The van der Waals surface area contributed by atoms with Gasteiger partial charge in [0.15, 0.2) is 5.13 Å². The van der Waals surface area contributed by atoms with Crippen molar-refractivity contribution < 1.29 is 9.18 Å². The minimum atomic E-state index is -0.255. The number of benzene rings is 1. The predicted octanol–water partition coefficient (Wildman–Crippen LogP) is 3.97. The Balaban J connectivity index is 1.43. The van der Waals surface area contributed by atoms with Crippen LogP contribution in [0.2, 0.25) is 0 Å². The van der Waals surface area contributed by atoms with E-state index in [0.29, 0.717) is 13.1 Å². The number of rotatable bonds is 3. The summed E-state index contributed by atoms with van der Waals surface area (Å²) in [6.07, 6.45) is 1.81. The number of amides is 1. The maximum Gasteiger partial charge on any atom is 0.264 e. The molecule has 2 aromatic heterocycles. The number of thiophene rings is 1. The average molecular weight is 373 g/mol. The molecule has 1 amide bonds. The predicted molar refractivity (Wildman–Crippen MR) is 99.9 cm³/mol. The van der Waals surface area contributed by atoms with Crippen molar-refractivity contribution in [3.63, 3.8) is 0 Å². The van der Waals surface area contributed by atoms with Gasteiger partial charge in [0.05, 0.1) is 4.88 Å². The molecule has 128 valence electrons. The van der Waals surface area contributed by atoms with E-state index in [9.17, 15) is 9.18 Å². The molecule has 0 radical (unpaired) electrons. The summed E-state index contributed by atoms with van der Waals surface area (Å²) in [7, 11) is 0. The lowest BCUT2D eigenvalue weighted by molar-refractivity contribution is 0.0751. The van der Waals surface area contributed by atoms with Crippen LogP contribution in [0, 0.1) is 5.82 Å². The van der Waals surface area contributed by atoms with Crippen molar-refractivity contribution in [2.75, 3.05) is 31.1 Å². The van der Waals surface area contributed by atoms with Crippen molar-refractivity contribution in [3.05, 3.63) is 58.7 Å². The molecule has 1 aliphatic rings. The highest BCUT2D eigenvalue weighted by molar-refractivity contribution is 7.17. The zero-order valence-corrected chi connectivity index (χ0v) is 15.0. The van der Waals surface area contributed by atoms with E-state index in [4.69, 9.17) is 0 Å². The van der Waals surface area contributed by atoms with Crippen LogP contribution in [0.4, 0.5) is 9.52 Å². The highest BCUT2D eigenvalue weighted by Gasteiger charge is 2.24. The Labute approximate surface area is 153 Å². The highest BCUT2D eigenvalue weighted by Crippen LogP contribution is 2.29. The molecule has 1 aromatic carbocycles. The van der Waals surface area contributed by atoms with Crippen molar-refractivity contribution in [3.8, 4) is 10.4 Å². The van der Waals surface area contributed by atoms with E-state index in [0.717, 1.165) is 33.5 Å². The molecule has 0 bridgehead atoms. The lowest BCUT2D eigenvalue weighted by Crippen LogP contribution is -2.48. The largest absolute Gasteiger partial charge is 0.345 e. The van der Waals surface area contributed by atoms with Crippen LogP contribution in [0.1, 0.15) is 9.67 Å². The van der Waals surface area contributed by atoms with Gasteiger partial charge in [-0.1, -0.05) is 12.1 Å². The van der Waals surface area contributed by atoms with Gasteiger partial charge in [-0.15, -0.1) is 22.7 Å². The SMILES string of the molecule is O=C(c1ccc(-c2ccc(F)cc2)s1)N1CCN(c2nccs2)CC1. The molecule has 25 heavy (non-hydrogen) atoms. The van der Waals surface area contributed by atoms with E-state index in [1.165, 1.54) is 23.5 Å². The summed E-state index contributed by atoms with van der Waals surface area (Å²) >= 11 is 3.08. The highest BCUT2D eigenvalue weighted by atomic mass is 32.1. The third-order valence-electron chi connectivity index (χ3n) is 4.20. The molecule has 0 atom stereocenters. The molecule has 0 saturated carbocycles. The minimum Gasteiger partial charge on any atom is -0.345 e. The summed E-state index contributed by atoms with van der Waals surface area (Å²) in [6.45, 7) is 3.00. The maximum absolute atomic E-state index is 13.0. The molecule has 1 saturated heterocycles. The van der Waals surface area contributed by atoms with Crippen LogP contribution in [0.5, 0.6) is 0 Å². The lowest BCUT2D eigenvalue weighted by atomic mass is 10.2. The summed E-state index contributed by atoms with van der Waals surface area (Å²) in [6, 6.07) is 10.1.